The number of alkyl halides is 3. The standard InChI is InChI=1S/C27H30F3N5OS2/c1-4-5-6-21(22-11-12-23(38-22)26(36)33-15-24(34-31)35-32)37-20-13-16(2)25(17(3)14-20)18-7-9-19(10-8-18)27(28,29)30/h7-14,21,24,31-32H,4-6,15H2,1-3H3,(H,33,36). The molecule has 0 aliphatic heterocycles. The average molecular weight is 562 g/mol. The first kappa shape index (κ1) is 29.5. The van der Waals surface area contributed by atoms with E-state index in [0.29, 0.717) is 4.88 Å². The fourth-order valence-corrected chi connectivity index (χ4v) is 6.65. The topological polar surface area (TPSA) is 102 Å². The minimum absolute atomic E-state index is 0.00306. The van der Waals surface area contributed by atoms with Crippen molar-refractivity contribution in [3.8, 4) is 11.1 Å². The first-order valence-corrected chi connectivity index (χ1v) is 13.8. The molecule has 0 radical (unpaired) electrons. The van der Waals surface area contributed by atoms with Crippen LogP contribution in [0.15, 0.2) is 63.7 Å². The Bertz CT molecular complexity index is 1240. The Balaban J connectivity index is 1.80. The second-order valence-corrected chi connectivity index (χ2v) is 11.3. The average Bonchev–Trinajstić information content (AvgIpc) is 3.37. The van der Waals surface area contributed by atoms with Gasteiger partial charge in [-0.05, 0) is 78.9 Å². The molecule has 202 valence electrons. The Labute approximate surface area is 228 Å². The lowest BCUT2D eigenvalue weighted by atomic mass is 9.95. The molecule has 0 aliphatic carbocycles. The molecule has 1 amide bonds. The molecular weight excluding hydrogens is 531 g/mol. The van der Waals surface area contributed by atoms with Crippen LogP contribution in [0.1, 0.15) is 62.7 Å². The molecule has 0 spiro atoms. The number of thioether (sulfide) groups is 1. The van der Waals surface area contributed by atoms with Gasteiger partial charge in [0.15, 0.2) is 6.17 Å². The first-order chi connectivity index (χ1) is 18.1. The highest BCUT2D eigenvalue weighted by Crippen LogP contribution is 2.43. The third-order valence-electron chi connectivity index (χ3n) is 6.02. The van der Waals surface area contributed by atoms with E-state index >= 15 is 0 Å². The predicted octanol–water partition coefficient (Wildman–Crippen LogP) is 9.19. The number of hydrogen-bond donors (Lipinski definition) is 3. The number of unbranched alkanes of at least 4 members (excludes halogenated alkanes) is 1. The summed E-state index contributed by atoms with van der Waals surface area (Å²) in [6.45, 7) is 6.07. The second kappa shape index (κ2) is 13.1. The van der Waals surface area contributed by atoms with Crippen molar-refractivity contribution in [1.29, 1.82) is 11.1 Å². The lowest BCUT2D eigenvalue weighted by Crippen LogP contribution is -2.29. The summed E-state index contributed by atoms with van der Waals surface area (Å²) in [5.41, 5.74) is 17.0. The van der Waals surface area contributed by atoms with Gasteiger partial charge in [0, 0.05) is 15.0 Å². The molecule has 2 aromatic carbocycles. The molecule has 1 atom stereocenters. The molecule has 11 heteroatoms. The summed E-state index contributed by atoms with van der Waals surface area (Å²) in [6, 6.07) is 13.2. The molecule has 38 heavy (non-hydrogen) atoms. The fraction of sp³-hybridized carbons (Fsp3) is 0.370. The maximum absolute atomic E-state index is 13.0. The van der Waals surface area contributed by atoms with Crippen LogP contribution in [-0.4, -0.2) is 18.6 Å². The van der Waals surface area contributed by atoms with Crippen molar-refractivity contribution in [2.45, 2.75) is 62.5 Å². The van der Waals surface area contributed by atoms with Crippen molar-refractivity contribution in [3.05, 3.63) is 75.0 Å². The van der Waals surface area contributed by atoms with Gasteiger partial charge in [0.1, 0.15) is 0 Å². The number of benzene rings is 2. The molecule has 3 rings (SSSR count). The fourth-order valence-electron chi connectivity index (χ4n) is 4.13. The molecule has 3 N–H and O–H groups in total. The van der Waals surface area contributed by atoms with E-state index in [9.17, 15) is 18.0 Å². The number of nitrogens with one attached hydrogen (secondary N) is 3. The van der Waals surface area contributed by atoms with Gasteiger partial charge >= 0.3 is 6.18 Å². The van der Waals surface area contributed by atoms with Crippen LogP contribution in [-0.2, 0) is 6.18 Å². The van der Waals surface area contributed by atoms with Crippen LogP contribution in [0.2, 0.25) is 0 Å². The van der Waals surface area contributed by atoms with E-state index in [1.165, 1.54) is 23.5 Å². The maximum Gasteiger partial charge on any atom is 0.416 e. The van der Waals surface area contributed by atoms with E-state index in [-0.39, 0.29) is 17.7 Å². The lowest BCUT2D eigenvalue weighted by molar-refractivity contribution is -0.137. The molecule has 1 heterocycles. The van der Waals surface area contributed by atoms with E-state index in [1.54, 1.807) is 17.8 Å². The number of thiophene rings is 1. The summed E-state index contributed by atoms with van der Waals surface area (Å²) in [7, 11) is 0. The monoisotopic (exact) mass is 561 g/mol. The number of hydrogen-bond acceptors (Lipinski definition) is 7. The largest absolute Gasteiger partial charge is 0.416 e. The van der Waals surface area contributed by atoms with Crippen molar-refractivity contribution in [2.75, 3.05) is 6.54 Å². The van der Waals surface area contributed by atoms with Gasteiger partial charge in [-0.2, -0.15) is 23.4 Å². The zero-order valence-corrected chi connectivity index (χ0v) is 23.0. The van der Waals surface area contributed by atoms with Gasteiger partial charge in [0.25, 0.3) is 5.91 Å². The van der Waals surface area contributed by atoms with Gasteiger partial charge in [-0.25, -0.2) is 11.1 Å². The van der Waals surface area contributed by atoms with E-state index in [2.05, 4.69) is 34.6 Å². The molecule has 1 unspecified atom stereocenters. The summed E-state index contributed by atoms with van der Waals surface area (Å²) >= 11 is 3.14. The molecule has 0 aliphatic rings. The van der Waals surface area contributed by atoms with E-state index in [1.807, 2.05) is 19.9 Å². The minimum Gasteiger partial charge on any atom is -0.347 e. The Morgan fingerprint density at radius 1 is 1.05 bits per heavy atom. The van der Waals surface area contributed by atoms with Gasteiger partial charge in [-0.1, -0.05) is 31.9 Å². The lowest BCUT2D eigenvalue weighted by Gasteiger charge is -2.18. The summed E-state index contributed by atoms with van der Waals surface area (Å²) in [4.78, 5) is 15.2. The first-order valence-electron chi connectivity index (χ1n) is 12.1. The SMILES string of the molecule is CCCCC(Sc1cc(C)c(-c2ccc(C(F)(F)F)cc2)c(C)c1)c1ccc(C(=O)NCC(N=N)N=N)s1. The van der Waals surface area contributed by atoms with Crippen LogP contribution in [0.3, 0.4) is 0 Å². The number of carbonyl (C=O) groups is 1. The zero-order chi connectivity index (χ0) is 27.9. The molecule has 1 aromatic heterocycles. The highest BCUT2D eigenvalue weighted by atomic mass is 32.2. The van der Waals surface area contributed by atoms with Gasteiger partial charge < -0.3 is 5.32 Å². The van der Waals surface area contributed by atoms with Crippen molar-refractivity contribution in [1.82, 2.24) is 5.32 Å². The van der Waals surface area contributed by atoms with Crippen LogP contribution < -0.4 is 5.32 Å². The molecule has 0 saturated heterocycles. The van der Waals surface area contributed by atoms with Crippen LogP contribution in [0.4, 0.5) is 13.2 Å². The maximum atomic E-state index is 13.0. The Morgan fingerprint density at radius 3 is 2.24 bits per heavy atom. The summed E-state index contributed by atoms with van der Waals surface area (Å²) < 4.78 is 39.0. The molecular formula is C27H30F3N5OS2. The Morgan fingerprint density at radius 2 is 1.68 bits per heavy atom. The highest BCUT2D eigenvalue weighted by Gasteiger charge is 2.30. The van der Waals surface area contributed by atoms with Crippen molar-refractivity contribution in [2.24, 2.45) is 10.2 Å². The number of nitrogens with zero attached hydrogens (tertiary/aromatic N) is 2. The van der Waals surface area contributed by atoms with Gasteiger partial charge in [-0.3, -0.25) is 4.79 Å². The summed E-state index contributed by atoms with van der Waals surface area (Å²) in [5, 5.41) is 9.16. The summed E-state index contributed by atoms with van der Waals surface area (Å²) in [6.07, 6.45) is -2.29. The number of carbonyl (C=O) groups excluding carboxylic acids is 1. The van der Waals surface area contributed by atoms with Gasteiger partial charge in [-0.15, -0.1) is 23.1 Å². The predicted molar refractivity (Wildman–Crippen MR) is 145 cm³/mol. The van der Waals surface area contributed by atoms with Crippen LogP contribution in [0.25, 0.3) is 11.1 Å². The molecule has 0 bridgehead atoms. The third kappa shape index (κ3) is 7.50. The third-order valence-corrected chi connectivity index (χ3v) is 8.65. The Hall–Kier alpha value is -3.05. The molecule has 6 nitrogen and oxygen atoms in total. The van der Waals surface area contributed by atoms with Crippen LogP contribution in [0.5, 0.6) is 0 Å². The number of halogens is 3. The van der Waals surface area contributed by atoms with E-state index in [4.69, 9.17) is 11.1 Å². The van der Waals surface area contributed by atoms with Gasteiger partial charge in [0.05, 0.1) is 17.0 Å². The highest BCUT2D eigenvalue weighted by molar-refractivity contribution is 7.99. The molecule has 0 saturated carbocycles. The minimum atomic E-state index is -4.36. The quantitative estimate of drug-likeness (QED) is 0.152. The van der Waals surface area contributed by atoms with E-state index < -0.39 is 17.9 Å². The number of rotatable bonds is 12. The second-order valence-electron chi connectivity index (χ2n) is 8.91. The number of aryl methyl sites for hydroxylation is 2. The zero-order valence-electron chi connectivity index (χ0n) is 21.4. The number of amides is 1. The van der Waals surface area contributed by atoms with Crippen LogP contribution >= 0.6 is 23.1 Å². The smallest absolute Gasteiger partial charge is 0.347 e. The summed E-state index contributed by atoms with van der Waals surface area (Å²) in [5.74, 6) is -0.287. The van der Waals surface area contributed by atoms with Crippen molar-refractivity contribution >= 4 is 29.0 Å². The van der Waals surface area contributed by atoms with Gasteiger partial charge in [0.2, 0.25) is 0 Å². The molecule has 0 fully saturated rings. The van der Waals surface area contributed by atoms with E-state index in [0.717, 1.165) is 63.4 Å². The molecule has 3 aromatic rings. The van der Waals surface area contributed by atoms with Crippen LogP contribution in [0, 0.1) is 24.9 Å². The van der Waals surface area contributed by atoms with Crippen molar-refractivity contribution in [3.63, 3.8) is 0 Å². The normalized spacial score (nSPS) is 13.1. The van der Waals surface area contributed by atoms with Crippen molar-refractivity contribution < 1.29 is 18.0 Å². The Kier molecular flexibility index (Phi) is 10.2.